The zero-order valence-electron chi connectivity index (χ0n) is 10.3. The molecular formula is C12H15NO5. The second-order valence-electron chi connectivity index (χ2n) is 3.94. The van der Waals surface area contributed by atoms with Gasteiger partial charge in [0.25, 0.3) is 5.69 Å². The van der Waals surface area contributed by atoms with E-state index >= 15 is 0 Å². The Balaban J connectivity index is 2.55. The molecular weight excluding hydrogens is 238 g/mol. The fourth-order valence-electron chi connectivity index (χ4n) is 2.11. The summed E-state index contributed by atoms with van der Waals surface area (Å²) in [7, 11) is 1.51. The molecule has 0 atom stereocenters. The maximum atomic E-state index is 11.1. The molecule has 1 fully saturated rings. The summed E-state index contributed by atoms with van der Waals surface area (Å²) < 4.78 is 16.3. The minimum Gasteiger partial charge on any atom is -0.497 e. The minimum atomic E-state index is -1.03. The fraction of sp³-hybridized carbons (Fsp3) is 0.500. The molecule has 0 unspecified atom stereocenters. The van der Waals surface area contributed by atoms with Crippen LogP contribution in [0.1, 0.15) is 18.9 Å². The topological polar surface area (TPSA) is 70.8 Å². The number of nitrogens with zero attached hydrogens (tertiary/aromatic N) is 1. The first-order chi connectivity index (χ1) is 8.63. The zero-order valence-corrected chi connectivity index (χ0v) is 10.3. The van der Waals surface area contributed by atoms with Gasteiger partial charge < -0.3 is 14.2 Å². The van der Waals surface area contributed by atoms with Crippen LogP contribution in [0.2, 0.25) is 0 Å². The van der Waals surface area contributed by atoms with Crippen molar-refractivity contribution in [3.8, 4) is 5.75 Å². The first kappa shape index (κ1) is 12.8. The quantitative estimate of drug-likeness (QED) is 0.607. The van der Waals surface area contributed by atoms with Crippen LogP contribution < -0.4 is 4.74 Å². The lowest BCUT2D eigenvalue weighted by atomic mass is 10.0. The number of methoxy groups -OCH3 is 1. The molecule has 0 N–H and O–H groups in total. The van der Waals surface area contributed by atoms with E-state index < -0.39 is 10.7 Å². The average Bonchev–Trinajstić information content (AvgIpc) is 2.87. The van der Waals surface area contributed by atoms with Gasteiger partial charge in [0.2, 0.25) is 5.79 Å². The normalized spacial score (nSPS) is 17.7. The van der Waals surface area contributed by atoms with Crippen molar-refractivity contribution in [1.82, 2.24) is 0 Å². The number of ether oxygens (including phenoxy) is 3. The van der Waals surface area contributed by atoms with E-state index in [1.54, 1.807) is 12.1 Å². The molecule has 1 aliphatic rings. The third-order valence-corrected chi connectivity index (χ3v) is 3.03. The third kappa shape index (κ3) is 2.04. The molecule has 0 aromatic heterocycles. The van der Waals surface area contributed by atoms with Crippen LogP contribution in [0.25, 0.3) is 0 Å². The maximum absolute atomic E-state index is 11.1. The molecule has 1 aliphatic heterocycles. The van der Waals surface area contributed by atoms with Crippen molar-refractivity contribution < 1.29 is 19.1 Å². The van der Waals surface area contributed by atoms with Crippen molar-refractivity contribution in [2.24, 2.45) is 0 Å². The molecule has 0 aliphatic carbocycles. The van der Waals surface area contributed by atoms with E-state index in [2.05, 4.69) is 0 Å². The van der Waals surface area contributed by atoms with Gasteiger partial charge in [-0.25, -0.2) is 0 Å². The molecule has 6 heteroatoms. The van der Waals surface area contributed by atoms with Gasteiger partial charge >= 0.3 is 0 Å². The molecule has 18 heavy (non-hydrogen) atoms. The molecule has 0 spiro atoms. The van der Waals surface area contributed by atoms with Crippen LogP contribution in [-0.2, 0) is 15.3 Å². The van der Waals surface area contributed by atoms with Crippen molar-refractivity contribution in [3.05, 3.63) is 33.9 Å². The molecule has 0 bridgehead atoms. The molecule has 2 rings (SSSR count). The Kier molecular flexibility index (Phi) is 3.49. The van der Waals surface area contributed by atoms with Crippen LogP contribution in [0.3, 0.4) is 0 Å². The lowest BCUT2D eigenvalue weighted by Gasteiger charge is -2.26. The van der Waals surface area contributed by atoms with Crippen LogP contribution in [-0.4, -0.2) is 25.2 Å². The van der Waals surface area contributed by atoms with E-state index in [4.69, 9.17) is 14.2 Å². The molecule has 1 aromatic rings. The summed E-state index contributed by atoms with van der Waals surface area (Å²) in [6, 6.07) is 4.57. The molecule has 1 aromatic carbocycles. The smallest absolute Gasteiger partial charge is 0.278 e. The Morgan fingerprint density at radius 1 is 1.44 bits per heavy atom. The van der Waals surface area contributed by atoms with Gasteiger partial charge in [0.05, 0.1) is 30.8 Å². The van der Waals surface area contributed by atoms with Crippen LogP contribution >= 0.6 is 0 Å². The summed E-state index contributed by atoms with van der Waals surface area (Å²) in [4.78, 5) is 10.7. The highest BCUT2D eigenvalue weighted by Crippen LogP contribution is 2.41. The van der Waals surface area contributed by atoms with Gasteiger partial charge in [-0.15, -0.1) is 0 Å². The molecule has 98 valence electrons. The van der Waals surface area contributed by atoms with Crippen LogP contribution in [0.15, 0.2) is 18.2 Å². The summed E-state index contributed by atoms with van der Waals surface area (Å²) in [6.07, 6.45) is 0.501. The Hall–Kier alpha value is -1.66. The Morgan fingerprint density at radius 2 is 2.11 bits per heavy atom. The van der Waals surface area contributed by atoms with Crippen molar-refractivity contribution in [1.29, 1.82) is 0 Å². The van der Waals surface area contributed by atoms with E-state index in [-0.39, 0.29) is 5.69 Å². The first-order valence-electron chi connectivity index (χ1n) is 5.74. The maximum Gasteiger partial charge on any atom is 0.278 e. The summed E-state index contributed by atoms with van der Waals surface area (Å²) in [5, 5.41) is 11.1. The number of benzene rings is 1. The van der Waals surface area contributed by atoms with Crippen LogP contribution in [0.5, 0.6) is 5.75 Å². The van der Waals surface area contributed by atoms with Gasteiger partial charge in [-0.1, -0.05) is 6.92 Å². The number of hydrogen-bond acceptors (Lipinski definition) is 5. The van der Waals surface area contributed by atoms with Gasteiger partial charge in [-0.3, -0.25) is 10.1 Å². The standard InChI is InChI=1S/C12H15NO5/c1-3-12(17-6-7-18-12)10-8-9(16-2)4-5-11(10)13(14)15/h4-5,8H,3,6-7H2,1-2H3. The highest BCUT2D eigenvalue weighted by Gasteiger charge is 2.42. The molecule has 1 heterocycles. The third-order valence-electron chi connectivity index (χ3n) is 3.03. The average molecular weight is 253 g/mol. The van der Waals surface area contributed by atoms with Gasteiger partial charge in [-0.05, 0) is 12.1 Å². The SMILES string of the molecule is CCC1(c2cc(OC)ccc2[N+](=O)[O-])OCCO1. The summed E-state index contributed by atoms with van der Waals surface area (Å²) in [5.74, 6) is -0.487. The van der Waals surface area contributed by atoms with Crippen LogP contribution in [0, 0.1) is 10.1 Å². The van der Waals surface area contributed by atoms with Gasteiger partial charge in [0.1, 0.15) is 5.75 Å². The van der Waals surface area contributed by atoms with Crippen molar-refractivity contribution in [3.63, 3.8) is 0 Å². The van der Waals surface area contributed by atoms with E-state index in [1.165, 1.54) is 13.2 Å². The number of nitro groups is 1. The highest BCUT2D eigenvalue weighted by molar-refractivity contribution is 5.48. The number of rotatable bonds is 4. The Labute approximate surface area is 105 Å². The summed E-state index contributed by atoms with van der Waals surface area (Å²) in [5.41, 5.74) is 0.395. The second-order valence-corrected chi connectivity index (χ2v) is 3.94. The van der Waals surface area contributed by atoms with Crippen LogP contribution in [0.4, 0.5) is 5.69 Å². The van der Waals surface area contributed by atoms with Gasteiger partial charge in [0, 0.05) is 12.5 Å². The highest BCUT2D eigenvalue weighted by atomic mass is 16.7. The molecule has 0 radical (unpaired) electrons. The monoisotopic (exact) mass is 253 g/mol. The number of hydrogen-bond donors (Lipinski definition) is 0. The first-order valence-corrected chi connectivity index (χ1v) is 5.74. The van der Waals surface area contributed by atoms with E-state index in [0.29, 0.717) is 30.9 Å². The largest absolute Gasteiger partial charge is 0.497 e. The fourth-order valence-corrected chi connectivity index (χ4v) is 2.11. The predicted octanol–water partition coefficient (Wildman–Crippen LogP) is 2.21. The molecule has 1 saturated heterocycles. The number of nitro benzene ring substituents is 1. The lowest BCUT2D eigenvalue weighted by molar-refractivity contribution is -0.388. The van der Waals surface area contributed by atoms with E-state index in [0.717, 1.165) is 0 Å². The zero-order chi connectivity index (χ0) is 13.2. The molecule has 0 amide bonds. The summed E-state index contributed by atoms with van der Waals surface area (Å²) in [6.45, 7) is 2.74. The summed E-state index contributed by atoms with van der Waals surface area (Å²) >= 11 is 0. The minimum absolute atomic E-state index is 0.0143. The predicted molar refractivity (Wildman–Crippen MR) is 63.5 cm³/mol. The van der Waals surface area contributed by atoms with Crippen molar-refractivity contribution >= 4 is 5.69 Å². The van der Waals surface area contributed by atoms with Gasteiger partial charge in [-0.2, -0.15) is 0 Å². The molecule has 0 saturated carbocycles. The Bertz CT molecular complexity index is 454. The van der Waals surface area contributed by atoms with Gasteiger partial charge in [0.15, 0.2) is 0 Å². The lowest BCUT2D eigenvalue weighted by Crippen LogP contribution is -2.27. The van der Waals surface area contributed by atoms with E-state index in [9.17, 15) is 10.1 Å². The van der Waals surface area contributed by atoms with E-state index in [1.807, 2.05) is 6.92 Å². The second kappa shape index (κ2) is 4.91. The Morgan fingerprint density at radius 3 is 2.61 bits per heavy atom. The van der Waals surface area contributed by atoms with Crippen molar-refractivity contribution in [2.75, 3.05) is 20.3 Å². The van der Waals surface area contributed by atoms with Crippen molar-refractivity contribution in [2.45, 2.75) is 19.1 Å². The molecule has 6 nitrogen and oxygen atoms in total.